The number of anilines is 1. The van der Waals surface area contributed by atoms with E-state index < -0.39 is 0 Å². The second-order valence-corrected chi connectivity index (χ2v) is 5.45. The summed E-state index contributed by atoms with van der Waals surface area (Å²) in [6.45, 7) is 5.22. The van der Waals surface area contributed by atoms with Crippen LogP contribution in [0.2, 0.25) is 0 Å². The molecule has 2 rings (SSSR count). The lowest BCUT2D eigenvalue weighted by atomic mass is 10.00. The van der Waals surface area contributed by atoms with Gasteiger partial charge in [-0.25, -0.2) is 0 Å². The number of hydrogen-bond donors (Lipinski definition) is 2. The molecule has 21 heavy (non-hydrogen) atoms. The lowest BCUT2D eigenvalue weighted by Gasteiger charge is -2.17. The van der Waals surface area contributed by atoms with Crippen molar-refractivity contribution >= 4 is 17.5 Å². The van der Waals surface area contributed by atoms with Crippen molar-refractivity contribution in [2.75, 3.05) is 18.5 Å². The molecule has 0 atom stereocenters. The normalized spacial score (nSPS) is 13.8. The van der Waals surface area contributed by atoms with Gasteiger partial charge in [0.25, 0.3) is 5.91 Å². The predicted molar refractivity (Wildman–Crippen MR) is 81.4 cm³/mol. The number of benzene rings is 1. The third-order valence-electron chi connectivity index (χ3n) is 3.32. The van der Waals surface area contributed by atoms with E-state index in [9.17, 15) is 9.59 Å². The number of ether oxygens (including phenoxy) is 1. The molecule has 1 aliphatic heterocycles. The molecule has 0 bridgehead atoms. The molecule has 0 aliphatic carbocycles. The Bertz CT molecular complexity index is 526. The first-order valence-corrected chi connectivity index (χ1v) is 7.39. The molecule has 1 aliphatic rings. The molecule has 0 fully saturated rings. The molecule has 0 aromatic heterocycles. The number of aryl methyl sites for hydroxylation is 1. The first-order chi connectivity index (χ1) is 10.1. The summed E-state index contributed by atoms with van der Waals surface area (Å²) in [6.07, 6.45) is 2.18. The Kier molecular flexibility index (Phi) is 5.33. The van der Waals surface area contributed by atoms with Crippen LogP contribution in [0.1, 0.15) is 42.6 Å². The first kappa shape index (κ1) is 15.5. The highest BCUT2D eigenvalue weighted by atomic mass is 16.5. The molecule has 5 nitrogen and oxygen atoms in total. The van der Waals surface area contributed by atoms with E-state index in [1.807, 2.05) is 19.9 Å². The third kappa shape index (κ3) is 4.56. The highest BCUT2D eigenvalue weighted by Gasteiger charge is 2.16. The summed E-state index contributed by atoms with van der Waals surface area (Å²) >= 11 is 0. The van der Waals surface area contributed by atoms with Crippen molar-refractivity contribution in [1.29, 1.82) is 0 Å². The van der Waals surface area contributed by atoms with Crippen LogP contribution in [0.15, 0.2) is 18.2 Å². The summed E-state index contributed by atoms with van der Waals surface area (Å²) in [5, 5.41) is 5.69. The summed E-state index contributed by atoms with van der Waals surface area (Å²) in [6, 6.07) is 5.39. The van der Waals surface area contributed by atoms with Crippen LogP contribution in [0.4, 0.5) is 5.69 Å². The molecule has 1 heterocycles. The second-order valence-electron chi connectivity index (χ2n) is 5.45. The van der Waals surface area contributed by atoms with Crippen LogP contribution in [-0.2, 0) is 16.0 Å². The van der Waals surface area contributed by atoms with Crippen LogP contribution in [0.5, 0.6) is 0 Å². The largest absolute Gasteiger partial charge is 0.379 e. The lowest BCUT2D eigenvalue weighted by Crippen LogP contribution is -2.26. The zero-order chi connectivity index (χ0) is 15.2. The van der Waals surface area contributed by atoms with Gasteiger partial charge in [0, 0.05) is 30.8 Å². The van der Waals surface area contributed by atoms with Crippen LogP contribution in [0.25, 0.3) is 0 Å². The maximum absolute atomic E-state index is 12.1. The Morgan fingerprint density at radius 1 is 1.38 bits per heavy atom. The smallest absolute Gasteiger partial charge is 0.251 e. The summed E-state index contributed by atoms with van der Waals surface area (Å²) in [4.78, 5) is 23.3. The minimum atomic E-state index is -0.0840. The molecular formula is C16H22N2O3. The van der Waals surface area contributed by atoms with E-state index in [4.69, 9.17) is 4.74 Å². The van der Waals surface area contributed by atoms with E-state index in [0.717, 1.165) is 17.7 Å². The van der Waals surface area contributed by atoms with Crippen LogP contribution < -0.4 is 10.6 Å². The molecule has 2 amide bonds. The van der Waals surface area contributed by atoms with Gasteiger partial charge in [-0.1, -0.05) is 0 Å². The number of amides is 2. The zero-order valence-electron chi connectivity index (χ0n) is 12.6. The Balaban J connectivity index is 1.84. The Hall–Kier alpha value is -1.88. The minimum absolute atomic E-state index is 0.0323. The van der Waals surface area contributed by atoms with Gasteiger partial charge in [0.05, 0.1) is 6.10 Å². The predicted octanol–water partition coefficient (Wildman–Crippen LogP) is 2.12. The number of nitrogens with one attached hydrogen (secondary N) is 2. The minimum Gasteiger partial charge on any atom is -0.379 e. The fourth-order valence-corrected chi connectivity index (χ4v) is 2.22. The molecule has 5 heteroatoms. The topological polar surface area (TPSA) is 67.4 Å². The third-order valence-corrected chi connectivity index (χ3v) is 3.32. The second kappa shape index (κ2) is 7.22. The quantitative estimate of drug-likeness (QED) is 0.789. The van der Waals surface area contributed by atoms with E-state index in [0.29, 0.717) is 31.6 Å². The van der Waals surface area contributed by atoms with Crippen molar-refractivity contribution in [3.63, 3.8) is 0 Å². The summed E-state index contributed by atoms with van der Waals surface area (Å²) < 4.78 is 5.42. The van der Waals surface area contributed by atoms with E-state index in [-0.39, 0.29) is 17.9 Å². The number of rotatable bonds is 6. The average molecular weight is 290 g/mol. The fourth-order valence-electron chi connectivity index (χ4n) is 2.22. The number of carbonyl (C=O) groups is 2. The Morgan fingerprint density at radius 2 is 2.19 bits per heavy atom. The first-order valence-electron chi connectivity index (χ1n) is 7.39. The highest BCUT2D eigenvalue weighted by Crippen LogP contribution is 2.23. The van der Waals surface area contributed by atoms with Gasteiger partial charge in [-0.3, -0.25) is 9.59 Å². The van der Waals surface area contributed by atoms with E-state index in [2.05, 4.69) is 10.6 Å². The van der Waals surface area contributed by atoms with Crippen molar-refractivity contribution < 1.29 is 14.3 Å². The SMILES string of the molecule is CC(C)OCCCNC(=O)c1ccc2c(c1)CCC(=O)N2. The molecular weight excluding hydrogens is 268 g/mol. The van der Waals surface area contributed by atoms with Crippen LogP contribution in [0, 0.1) is 0 Å². The van der Waals surface area contributed by atoms with Gasteiger partial charge in [-0.2, -0.15) is 0 Å². The molecule has 2 N–H and O–H groups in total. The van der Waals surface area contributed by atoms with Gasteiger partial charge in [-0.05, 0) is 50.5 Å². The standard InChI is InChI=1S/C16H22N2O3/c1-11(2)21-9-3-8-17-16(20)13-4-6-14-12(10-13)5-7-15(19)18-14/h4,6,10-11H,3,5,7-9H2,1-2H3,(H,17,20)(H,18,19). The molecule has 0 saturated heterocycles. The highest BCUT2D eigenvalue weighted by molar-refractivity contribution is 5.97. The Morgan fingerprint density at radius 3 is 2.95 bits per heavy atom. The van der Waals surface area contributed by atoms with Gasteiger partial charge < -0.3 is 15.4 Å². The van der Waals surface area contributed by atoms with E-state index in [1.165, 1.54) is 0 Å². The fraction of sp³-hybridized carbons (Fsp3) is 0.500. The van der Waals surface area contributed by atoms with Crippen molar-refractivity contribution in [3.05, 3.63) is 29.3 Å². The van der Waals surface area contributed by atoms with Crippen molar-refractivity contribution in [3.8, 4) is 0 Å². The molecule has 0 unspecified atom stereocenters. The van der Waals surface area contributed by atoms with Crippen molar-refractivity contribution in [2.45, 2.75) is 39.2 Å². The van der Waals surface area contributed by atoms with Crippen LogP contribution in [-0.4, -0.2) is 31.1 Å². The lowest BCUT2D eigenvalue weighted by molar-refractivity contribution is -0.116. The molecule has 0 radical (unpaired) electrons. The van der Waals surface area contributed by atoms with Gasteiger partial charge in [0.1, 0.15) is 0 Å². The van der Waals surface area contributed by atoms with Crippen molar-refractivity contribution in [2.24, 2.45) is 0 Å². The Labute approximate surface area is 125 Å². The van der Waals surface area contributed by atoms with Gasteiger partial charge >= 0.3 is 0 Å². The maximum Gasteiger partial charge on any atom is 0.251 e. The summed E-state index contributed by atoms with van der Waals surface area (Å²) in [5.41, 5.74) is 2.47. The van der Waals surface area contributed by atoms with E-state index >= 15 is 0 Å². The average Bonchev–Trinajstić information content (AvgIpc) is 2.45. The number of fused-ring (bicyclic) bond motifs is 1. The molecule has 114 valence electrons. The number of hydrogen-bond acceptors (Lipinski definition) is 3. The molecule has 0 saturated carbocycles. The van der Waals surface area contributed by atoms with Gasteiger partial charge in [0.15, 0.2) is 0 Å². The maximum atomic E-state index is 12.1. The molecule has 1 aromatic carbocycles. The van der Waals surface area contributed by atoms with Gasteiger partial charge in [-0.15, -0.1) is 0 Å². The van der Waals surface area contributed by atoms with Crippen molar-refractivity contribution in [1.82, 2.24) is 5.32 Å². The van der Waals surface area contributed by atoms with E-state index in [1.54, 1.807) is 12.1 Å². The monoisotopic (exact) mass is 290 g/mol. The van der Waals surface area contributed by atoms with Crippen LogP contribution in [0.3, 0.4) is 0 Å². The molecule has 1 aromatic rings. The summed E-state index contributed by atoms with van der Waals surface area (Å²) in [5.74, 6) is -0.0518. The summed E-state index contributed by atoms with van der Waals surface area (Å²) in [7, 11) is 0. The van der Waals surface area contributed by atoms with Crippen LogP contribution >= 0.6 is 0 Å². The van der Waals surface area contributed by atoms with Gasteiger partial charge in [0.2, 0.25) is 5.91 Å². The zero-order valence-corrected chi connectivity index (χ0v) is 12.6. The molecule has 0 spiro atoms. The number of carbonyl (C=O) groups excluding carboxylic acids is 2.